The van der Waals surface area contributed by atoms with E-state index >= 15 is 0 Å². The number of hydrogen-bond acceptors (Lipinski definition) is 2. The number of methoxy groups -OCH3 is 1. The van der Waals surface area contributed by atoms with Crippen LogP contribution in [0.15, 0.2) is 24.3 Å². The minimum atomic E-state index is 0.678. The molecule has 1 aliphatic carbocycles. The van der Waals surface area contributed by atoms with Gasteiger partial charge in [0.25, 0.3) is 0 Å². The summed E-state index contributed by atoms with van der Waals surface area (Å²) in [4.78, 5) is 0. The first kappa shape index (κ1) is 15.4. The molecule has 2 rings (SSSR count). The van der Waals surface area contributed by atoms with Gasteiger partial charge in [0.2, 0.25) is 0 Å². The van der Waals surface area contributed by atoms with Crippen molar-refractivity contribution >= 4 is 0 Å². The Morgan fingerprint density at radius 1 is 1.10 bits per heavy atom. The number of para-hydroxylation sites is 1. The first-order valence-electron chi connectivity index (χ1n) is 8.18. The molecular formula is C18H29NO. The third-order valence-corrected chi connectivity index (χ3v) is 4.68. The molecule has 0 aromatic heterocycles. The van der Waals surface area contributed by atoms with Crippen molar-refractivity contribution < 1.29 is 4.74 Å². The zero-order valence-electron chi connectivity index (χ0n) is 13.0. The second kappa shape index (κ2) is 8.31. The minimum Gasteiger partial charge on any atom is -0.496 e. The molecule has 1 N–H and O–H groups in total. The lowest BCUT2D eigenvalue weighted by atomic mass is 9.87. The molecule has 2 heteroatoms. The maximum Gasteiger partial charge on any atom is 0.123 e. The maximum absolute atomic E-state index is 5.42. The van der Waals surface area contributed by atoms with Gasteiger partial charge in [-0.1, -0.05) is 57.2 Å². The van der Waals surface area contributed by atoms with Crippen LogP contribution in [0.3, 0.4) is 0 Å². The van der Waals surface area contributed by atoms with Crippen LogP contribution in [0.2, 0.25) is 0 Å². The van der Waals surface area contributed by atoms with Crippen LogP contribution in [-0.2, 0) is 6.54 Å². The van der Waals surface area contributed by atoms with Gasteiger partial charge in [0.15, 0.2) is 0 Å². The summed E-state index contributed by atoms with van der Waals surface area (Å²) < 4.78 is 5.42. The predicted octanol–water partition coefficient (Wildman–Crippen LogP) is 4.53. The van der Waals surface area contributed by atoms with E-state index in [1.165, 1.54) is 50.5 Å². The highest BCUT2D eigenvalue weighted by Crippen LogP contribution is 2.25. The zero-order valence-corrected chi connectivity index (χ0v) is 13.0. The molecule has 0 radical (unpaired) electrons. The normalized spacial score (nSPS) is 23.9. The summed E-state index contributed by atoms with van der Waals surface area (Å²) in [6.07, 6.45) is 9.60. The Morgan fingerprint density at radius 2 is 1.80 bits per heavy atom. The average Bonchev–Trinajstić information content (AvgIpc) is 2.46. The molecule has 0 bridgehead atoms. The highest BCUT2D eigenvalue weighted by atomic mass is 16.5. The van der Waals surface area contributed by atoms with E-state index in [2.05, 4.69) is 24.4 Å². The van der Waals surface area contributed by atoms with E-state index in [1.807, 2.05) is 12.1 Å². The number of ether oxygens (including phenoxy) is 1. The molecule has 0 aliphatic heterocycles. The number of rotatable bonds is 5. The topological polar surface area (TPSA) is 21.3 Å². The van der Waals surface area contributed by atoms with Crippen LogP contribution in [0, 0.1) is 5.92 Å². The second-order valence-corrected chi connectivity index (χ2v) is 6.03. The molecule has 0 atom stereocenters. The molecule has 20 heavy (non-hydrogen) atoms. The van der Waals surface area contributed by atoms with E-state index < -0.39 is 0 Å². The number of hydrogen-bond donors (Lipinski definition) is 1. The summed E-state index contributed by atoms with van der Waals surface area (Å²) in [5.74, 6) is 1.97. The van der Waals surface area contributed by atoms with E-state index in [-0.39, 0.29) is 0 Å². The van der Waals surface area contributed by atoms with E-state index in [0.717, 1.165) is 18.2 Å². The monoisotopic (exact) mass is 275 g/mol. The van der Waals surface area contributed by atoms with Crippen molar-refractivity contribution in [2.24, 2.45) is 5.92 Å². The molecule has 1 aliphatic rings. The van der Waals surface area contributed by atoms with Crippen LogP contribution in [0.25, 0.3) is 0 Å². The minimum absolute atomic E-state index is 0.678. The predicted molar refractivity (Wildman–Crippen MR) is 85.1 cm³/mol. The SMILES string of the molecule is CCC1CCCC(NCc2ccccc2OC)CCC1. The van der Waals surface area contributed by atoms with Crippen LogP contribution in [-0.4, -0.2) is 13.2 Å². The molecule has 1 saturated carbocycles. The van der Waals surface area contributed by atoms with Crippen molar-refractivity contribution in [2.45, 2.75) is 64.5 Å². The van der Waals surface area contributed by atoms with Crippen LogP contribution in [0.1, 0.15) is 57.4 Å². The van der Waals surface area contributed by atoms with Gasteiger partial charge < -0.3 is 10.1 Å². The Hall–Kier alpha value is -1.02. The van der Waals surface area contributed by atoms with Gasteiger partial charge in [-0.05, 0) is 24.8 Å². The Bertz CT molecular complexity index is 381. The smallest absolute Gasteiger partial charge is 0.123 e. The molecule has 112 valence electrons. The van der Waals surface area contributed by atoms with Crippen molar-refractivity contribution in [1.82, 2.24) is 5.32 Å². The Kier molecular flexibility index (Phi) is 6.38. The lowest BCUT2D eigenvalue weighted by Gasteiger charge is -2.25. The molecule has 0 heterocycles. The van der Waals surface area contributed by atoms with Crippen molar-refractivity contribution in [3.8, 4) is 5.75 Å². The van der Waals surface area contributed by atoms with Gasteiger partial charge in [-0.15, -0.1) is 0 Å². The maximum atomic E-state index is 5.42. The Labute approximate surface area is 123 Å². The molecule has 1 fully saturated rings. The molecule has 2 nitrogen and oxygen atoms in total. The van der Waals surface area contributed by atoms with Gasteiger partial charge in [0.05, 0.1) is 7.11 Å². The van der Waals surface area contributed by atoms with Gasteiger partial charge in [-0.25, -0.2) is 0 Å². The summed E-state index contributed by atoms with van der Waals surface area (Å²) in [6.45, 7) is 3.26. The van der Waals surface area contributed by atoms with Crippen LogP contribution < -0.4 is 10.1 Å². The summed E-state index contributed by atoms with van der Waals surface area (Å²) in [5, 5.41) is 3.73. The first-order valence-corrected chi connectivity index (χ1v) is 8.18. The van der Waals surface area contributed by atoms with Crippen molar-refractivity contribution in [1.29, 1.82) is 0 Å². The fourth-order valence-corrected chi connectivity index (χ4v) is 3.31. The number of nitrogens with one attached hydrogen (secondary N) is 1. The highest BCUT2D eigenvalue weighted by molar-refractivity contribution is 5.33. The van der Waals surface area contributed by atoms with E-state index in [9.17, 15) is 0 Å². The molecule has 1 aromatic rings. The summed E-state index contributed by atoms with van der Waals surface area (Å²) in [5.41, 5.74) is 1.27. The van der Waals surface area contributed by atoms with Crippen LogP contribution in [0.5, 0.6) is 5.75 Å². The van der Waals surface area contributed by atoms with Crippen LogP contribution >= 0.6 is 0 Å². The molecular weight excluding hydrogens is 246 g/mol. The van der Waals surface area contributed by atoms with E-state index in [1.54, 1.807) is 7.11 Å². The first-order chi connectivity index (χ1) is 9.83. The Morgan fingerprint density at radius 3 is 2.45 bits per heavy atom. The summed E-state index contributed by atoms with van der Waals surface area (Å²) in [7, 11) is 1.75. The van der Waals surface area contributed by atoms with Gasteiger partial charge in [0, 0.05) is 18.2 Å². The zero-order chi connectivity index (χ0) is 14.2. The fourth-order valence-electron chi connectivity index (χ4n) is 3.31. The van der Waals surface area contributed by atoms with Gasteiger partial charge >= 0.3 is 0 Å². The largest absolute Gasteiger partial charge is 0.496 e. The van der Waals surface area contributed by atoms with E-state index in [0.29, 0.717) is 6.04 Å². The van der Waals surface area contributed by atoms with Crippen molar-refractivity contribution in [3.63, 3.8) is 0 Å². The van der Waals surface area contributed by atoms with Crippen molar-refractivity contribution in [2.75, 3.05) is 7.11 Å². The molecule has 0 unspecified atom stereocenters. The quantitative estimate of drug-likeness (QED) is 0.852. The van der Waals surface area contributed by atoms with Gasteiger partial charge in [-0.2, -0.15) is 0 Å². The molecule has 0 amide bonds. The molecule has 1 aromatic carbocycles. The van der Waals surface area contributed by atoms with Crippen LogP contribution in [0.4, 0.5) is 0 Å². The lowest BCUT2D eigenvalue weighted by Crippen LogP contribution is -2.30. The second-order valence-electron chi connectivity index (χ2n) is 6.03. The molecule has 0 saturated heterocycles. The summed E-state index contributed by atoms with van der Waals surface area (Å²) >= 11 is 0. The highest BCUT2D eigenvalue weighted by Gasteiger charge is 2.15. The van der Waals surface area contributed by atoms with Gasteiger partial charge in [-0.3, -0.25) is 0 Å². The van der Waals surface area contributed by atoms with E-state index in [4.69, 9.17) is 4.74 Å². The Balaban J connectivity index is 1.81. The number of benzene rings is 1. The van der Waals surface area contributed by atoms with Crippen molar-refractivity contribution in [3.05, 3.63) is 29.8 Å². The standard InChI is InChI=1S/C18H29NO/c1-3-15-8-6-11-17(12-7-9-15)19-14-16-10-4-5-13-18(16)20-2/h4-5,10,13,15,17,19H,3,6-9,11-12,14H2,1-2H3. The average molecular weight is 275 g/mol. The molecule has 0 spiro atoms. The third-order valence-electron chi connectivity index (χ3n) is 4.68. The third kappa shape index (κ3) is 4.52. The fraction of sp³-hybridized carbons (Fsp3) is 0.667. The summed E-state index contributed by atoms with van der Waals surface area (Å²) in [6, 6.07) is 8.99. The van der Waals surface area contributed by atoms with Gasteiger partial charge in [0.1, 0.15) is 5.75 Å². The lowest BCUT2D eigenvalue weighted by molar-refractivity contribution is 0.321.